The van der Waals surface area contributed by atoms with Gasteiger partial charge >= 0.3 is 0 Å². The van der Waals surface area contributed by atoms with Gasteiger partial charge in [-0.15, -0.1) is 16.4 Å². The lowest BCUT2D eigenvalue weighted by Crippen LogP contribution is -2.59. The number of hydrogen-bond donors (Lipinski definition) is 1. The average molecular weight is 466 g/mol. The van der Waals surface area contributed by atoms with Crippen molar-refractivity contribution in [3.8, 4) is 0 Å². The largest absolute Gasteiger partial charge is 0.351 e. The van der Waals surface area contributed by atoms with Crippen LogP contribution in [0, 0.1) is 5.82 Å². The van der Waals surface area contributed by atoms with Gasteiger partial charge < -0.3 is 15.1 Å². The molecular weight excluding hydrogens is 441 g/mol. The van der Waals surface area contributed by atoms with Gasteiger partial charge in [-0.1, -0.05) is 6.07 Å². The molecule has 2 amide bonds. The molecule has 2 aliphatic heterocycles. The van der Waals surface area contributed by atoms with Crippen molar-refractivity contribution in [1.82, 2.24) is 20.4 Å². The second-order valence-corrected chi connectivity index (χ2v) is 9.55. The van der Waals surface area contributed by atoms with Gasteiger partial charge in [-0.3, -0.25) is 9.59 Å². The monoisotopic (exact) mass is 465 g/mol. The predicted molar refractivity (Wildman–Crippen MR) is 124 cm³/mol. The molecular formula is C24H24FN5O2S. The molecule has 2 aliphatic rings. The Morgan fingerprint density at radius 3 is 2.61 bits per heavy atom. The molecule has 0 unspecified atom stereocenters. The van der Waals surface area contributed by atoms with Gasteiger partial charge in [0.2, 0.25) is 0 Å². The predicted octanol–water partition coefficient (Wildman–Crippen LogP) is 3.32. The number of anilines is 1. The second kappa shape index (κ2) is 9.27. The highest BCUT2D eigenvalue weighted by Crippen LogP contribution is 2.33. The number of nitrogens with one attached hydrogen (secondary N) is 1. The summed E-state index contributed by atoms with van der Waals surface area (Å²) in [5, 5.41) is 11.1. The lowest BCUT2D eigenvalue weighted by molar-refractivity contribution is 0.0713. The first kappa shape index (κ1) is 21.5. The number of likely N-dealkylation sites (tertiary alicyclic amines) is 1. The first-order valence-electron chi connectivity index (χ1n) is 11.0. The topological polar surface area (TPSA) is 78.4 Å². The van der Waals surface area contributed by atoms with Crippen molar-refractivity contribution in [3.63, 3.8) is 0 Å². The van der Waals surface area contributed by atoms with Crippen molar-refractivity contribution in [1.29, 1.82) is 0 Å². The SMILES string of the molecule is O=C(NC1CN(c2cccnn2)C1)c1ccc(C2CCN(C(=O)c3cccc(F)c3)CC2)s1. The maximum absolute atomic E-state index is 13.4. The molecule has 3 aromatic rings. The molecule has 170 valence electrons. The third-order valence-electron chi connectivity index (χ3n) is 6.21. The first-order chi connectivity index (χ1) is 16.1. The lowest BCUT2D eigenvalue weighted by Gasteiger charge is -2.39. The molecule has 33 heavy (non-hydrogen) atoms. The zero-order valence-corrected chi connectivity index (χ0v) is 18.8. The fourth-order valence-electron chi connectivity index (χ4n) is 4.34. The molecule has 5 rings (SSSR count). The molecule has 1 aromatic carbocycles. The van der Waals surface area contributed by atoms with Crippen LogP contribution in [0.2, 0.25) is 0 Å². The number of aromatic nitrogens is 2. The summed E-state index contributed by atoms with van der Waals surface area (Å²) in [6.45, 7) is 2.69. The Morgan fingerprint density at radius 1 is 1.06 bits per heavy atom. The molecule has 2 aromatic heterocycles. The van der Waals surface area contributed by atoms with Gasteiger partial charge in [-0.05, 0) is 61.2 Å². The van der Waals surface area contributed by atoms with E-state index in [-0.39, 0.29) is 17.9 Å². The van der Waals surface area contributed by atoms with Gasteiger partial charge in [0.15, 0.2) is 5.82 Å². The van der Waals surface area contributed by atoms with Crippen LogP contribution >= 0.6 is 11.3 Å². The minimum atomic E-state index is -0.400. The Labute approximate surface area is 195 Å². The van der Waals surface area contributed by atoms with Crippen molar-refractivity contribution < 1.29 is 14.0 Å². The third-order valence-corrected chi connectivity index (χ3v) is 7.45. The Kier molecular flexibility index (Phi) is 6.04. The Hall–Kier alpha value is -3.33. The summed E-state index contributed by atoms with van der Waals surface area (Å²) < 4.78 is 13.4. The van der Waals surface area contributed by atoms with Gasteiger partial charge in [0.1, 0.15) is 5.82 Å². The van der Waals surface area contributed by atoms with Crippen molar-refractivity contribution in [3.05, 3.63) is 75.9 Å². The number of carbonyl (C=O) groups excluding carboxylic acids is 2. The van der Waals surface area contributed by atoms with Crippen LogP contribution in [-0.2, 0) is 0 Å². The molecule has 0 spiro atoms. The zero-order valence-electron chi connectivity index (χ0n) is 18.0. The van der Waals surface area contributed by atoms with E-state index >= 15 is 0 Å². The first-order valence-corrected chi connectivity index (χ1v) is 11.9. The van der Waals surface area contributed by atoms with Gasteiger partial charge in [0.05, 0.1) is 10.9 Å². The minimum absolute atomic E-state index is 0.0474. The van der Waals surface area contributed by atoms with Crippen LogP contribution in [0.4, 0.5) is 10.2 Å². The summed E-state index contributed by atoms with van der Waals surface area (Å²) in [5.74, 6) is 0.569. The second-order valence-electron chi connectivity index (χ2n) is 8.44. The van der Waals surface area contributed by atoms with Gasteiger partial charge in [-0.2, -0.15) is 5.10 Å². The van der Waals surface area contributed by atoms with E-state index in [0.29, 0.717) is 29.4 Å². The summed E-state index contributed by atoms with van der Waals surface area (Å²) in [4.78, 5) is 31.1. The summed E-state index contributed by atoms with van der Waals surface area (Å²) in [6.07, 6.45) is 3.31. The van der Waals surface area contributed by atoms with E-state index in [1.807, 2.05) is 24.3 Å². The highest BCUT2D eigenvalue weighted by atomic mass is 32.1. The van der Waals surface area contributed by atoms with E-state index in [9.17, 15) is 14.0 Å². The van der Waals surface area contributed by atoms with Crippen molar-refractivity contribution >= 4 is 29.0 Å². The van der Waals surface area contributed by atoms with E-state index in [4.69, 9.17) is 0 Å². The Morgan fingerprint density at radius 2 is 1.88 bits per heavy atom. The average Bonchev–Trinajstić information content (AvgIpc) is 3.32. The zero-order chi connectivity index (χ0) is 22.8. The molecule has 0 radical (unpaired) electrons. The number of carbonyl (C=O) groups is 2. The summed E-state index contributed by atoms with van der Waals surface area (Å²) in [6, 6.07) is 13.6. The highest BCUT2D eigenvalue weighted by molar-refractivity contribution is 7.14. The quantitative estimate of drug-likeness (QED) is 0.626. The molecule has 4 heterocycles. The molecule has 2 saturated heterocycles. The molecule has 1 N–H and O–H groups in total. The number of benzene rings is 1. The molecule has 7 nitrogen and oxygen atoms in total. The number of halogens is 1. The van der Waals surface area contributed by atoms with Crippen LogP contribution < -0.4 is 10.2 Å². The molecule has 0 saturated carbocycles. The van der Waals surface area contributed by atoms with Gasteiger partial charge in [-0.25, -0.2) is 4.39 Å². The van der Waals surface area contributed by atoms with Crippen LogP contribution in [0.15, 0.2) is 54.7 Å². The highest BCUT2D eigenvalue weighted by Gasteiger charge is 2.30. The number of amides is 2. The van der Waals surface area contributed by atoms with Crippen LogP contribution in [-0.4, -0.2) is 59.1 Å². The van der Waals surface area contributed by atoms with Crippen LogP contribution in [0.5, 0.6) is 0 Å². The van der Waals surface area contributed by atoms with E-state index in [1.165, 1.54) is 28.3 Å². The van der Waals surface area contributed by atoms with Crippen LogP contribution in [0.3, 0.4) is 0 Å². The van der Waals surface area contributed by atoms with E-state index in [1.54, 1.807) is 23.2 Å². The smallest absolute Gasteiger partial charge is 0.261 e. The fraction of sp³-hybridized carbons (Fsp3) is 0.333. The van der Waals surface area contributed by atoms with E-state index in [0.717, 1.165) is 31.7 Å². The van der Waals surface area contributed by atoms with Crippen LogP contribution in [0.25, 0.3) is 0 Å². The maximum atomic E-state index is 13.4. The number of thiophene rings is 1. The molecule has 0 bridgehead atoms. The number of piperidine rings is 1. The van der Waals surface area contributed by atoms with Crippen molar-refractivity contribution in [2.75, 3.05) is 31.1 Å². The van der Waals surface area contributed by atoms with Crippen molar-refractivity contribution in [2.45, 2.75) is 24.8 Å². The normalized spacial score (nSPS) is 17.0. The van der Waals surface area contributed by atoms with Gasteiger partial charge in [0, 0.05) is 42.8 Å². The Bertz CT molecular complexity index is 1140. The van der Waals surface area contributed by atoms with E-state index < -0.39 is 5.82 Å². The number of hydrogen-bond acceptors (Lipinski definition) is 6. The summed E-state index contributed by atoms with van der Waals surface area (Å²) in [7, 11) is 0. The summed E-state index contributed by atoms with van der Waals surface area (Å²) in [5.41, 5.74) is 0.386. The van der Waals surface area contributed by atoms with E-state index in [2.05, 4.69) is 20.4 Å². The standard InChI is InChI=1S/C24H24FN5O2S/c25-18-4-1-3-17(13-18)24(32)29-11-8-16(9-12-29)20-6-7-21(33-20)23(31)27-19-14-30(15-19)22-5-2-10-26-28-22/h1-7,10,13,16,19H,8-9,11-12,14-15H2,(H,27,31). The number of rotatable bonds is 5. The third kappa shape index (κ3) is 4.73. The maximum Gasteiger partial charge on any atom is 0.261 e. The number of nitrogens with zero attached hydrogens (tertiary/aromatic N) is 4. The molecule has 0 atom stereocenters. The fourth-order valence-corrected chi connectivity index (χ4v) is 5.42. The van der Waals surface area contributed by atoms with Gasteiger partial charge in [0.25, 0.3) is 11.8 Å². The molecule has 2 fully saturated rings. The van der Waals surface area contributed by atoms with Crippen molar-refractivity contribution in [2.24, 2.45) is 0 Å². The summed E-state index contributed by atoms with van der Waals surface area (Å²) >= 11 is 1.53. The lowest BCUT2D eigenvalue weighted by atomic mass is 9.95. The molecule has 0 aliphatic carbocycles. The minimum Gasteiger partial charge on any atom is -0.351 e. The Balaban J connectivity index is 1.12. The molecule has 9 heteroatoms. The van der Waals surface area contributed by atoms with Crippen LogP contribution in [0.1, 0.15) is 43.7 Å².